The van der Waals surface area contributed by atoms with Crippen LogP contribution in [0.5, 0.6) is 5.88 Å². The Kier molecular flexibility index (Phi) is 9.90. The maximum atomic E-state index is 14.1. The maximum Gasteiger partial charge on any atom is 0.319 e. The number of nitrogens with two attached hydrogens (primary N) is 1. The van der Waals surface area contributed by atoms with Crippen LogP contribution in [-0.4, -0.2) is 60.6 Å². The highest BCUT2D eigenvalue weighted by Crippen LogP contribution is 2.31. The molecule has 13 heteroatoms. The fourth-order valence-corrected chi connectivity index (χ4v) is 4.80. The number of hydrogen-bond acceptors (Lipinski definition) is 7. The second-order valence-electron chi connectivity index (χ2n) is 8.50. The van der Waals surface area contributed by atoms with E-state index < -0.39 is 41.6 Å². The second kappa shape index (κ2) is 12.9. The number of unbranched alkanes of at least 4 members (excludes halogenated alkanes) is 1. The molecule has 4 N–H and O–H groups in total. The molecule has 1 aromatic heterocycles. The van der Waals surface area contributed by atoms with Crippen molar-refractivity contribution in [2.75, 3.05) is 38.7 Å². The third kappa shape index (κ3) is 6.86. The molecule has 2 heterocycles. The third-order valence-corrected chi connectivity index (χ3v) is 6.68. The van der Waals surface area contributed by atoms with Crippen LogP contribution < -0.4 is 21.1 Å². The number of anilines is 1. The van der Waals surface area contributed by atoms with E-state index in [1.807, 2.05) is 0 Å². The number of carbonyl (C=O) groups excluding carboxylic acids is 2. The third-order valence-electron chi connectivity index (χ3n) is 5.94. The summed E-state index contributed by atoms with van der Waals surface area (Å²) < 4.78 is 56.4. The van der Waals surface area contributed by atoms with Gasteiger partial charge in [-0.2, -0.15) is 4.37 Å². The number of rotatable bonds is 12. The van der Waals surface area contributed by atoms with E-state index in [1.54, 1.807) is 7.11 Å². The zero-order valence-corrected chi connectivity index (χ0v) is 21.0. The van der Waals surface area contributed by atoms with Crippen LogP contribution in [0, 0.1) is 24.4 Å². The summed E-state index contributed by atoms with van der Waals surface area (Å²) in [5.41, 5.74) is 4.30. The molecular weight excluding hydrogens is 499 g/mol. The van der Waals surface area contributed by atoms with E-state index in [-0.39, 0.29) is 22.0 Å². The number of nitrogens with one attached hydrogen (secondary N) is 2. The van der Waals surface area contributed by atoms with Gasteiger partial charge in [0.05, 0.1) is 12.2 Å². The first-order chi connectivity index (χ1) is 17.2. The molecule has 198 valence electrons. The molecule has 1 saturated heterocycles. The number of carbonyl (C=O) groups is 2. The van der Waals surface area contributed by atoms with E-state index in [1.165, 1.54) is 6.92 Å². The minimum atomic E-state index is -1.39. The number of amides is 3. The molecule has 3 amide bonds. The van der Waals surface area contributed by atoms with Gasteiger partial charge in [-0.25, -0.2) is 18.0 Å². The van der Waals surface area contributed by atoms with Crippen molar-refractivity contribution in [1.82, 2.24) is 14.6 Å². The zero-order valence-electron chi connectivity index (χ0n) is 20.2. The number of methoxy groups -OCH3 is 1. The molecule has 9 nitrogen and oxygen atoms in total. The molecule has 1 aliphatic rings. The largest absolute Gasteiger partial charge is 0.471 e. The van der Waals surface area contributed by atoms with Crippen molar-refractivity contribution in [2.24, 2.45) is 5.73 Å². The Labute approximate surface area is 211 Å². The van der Waals surface area contributed by atoms with Gasteiger partial charge < -0.3 is 20.5 Å². The van der Waals surface area contributed by atoms with Crippen molar-refractivity contribution in [2.45, 2.75) is 45.3 Å². The normalized spacial score (nSPS) is 15.8. The van der Waals surface area contributed by atoms with Gasteiger partial charge in [-0.1, -0.05) is 0 Å². The predicted octanol–water partition coefficient (Wildman–Crippen LogP) is 3.56. The van der Waals surface area contributed by atoms with Gasteiger partial charge in [0.2, 0.25) is 5.88 Å². The van der Waals surface area contributed by atoms with Gasteiger partial charge in [0.1, 0.15) is 23.0 Å². The summed E-state index contributed by atoms with van der Waals surface area (Å²) in [5, 5.41) is 5.22. The molecule has 0 saturated carbocycles. The number of likely N-dealkylation sites (tertiary alicyclic amines) is 1. The van der Waals surface area contributed by atoms with Crippen molar-refractivity contribution in [1.29, 1.82) is 0 Å². The van der Waals surface area contributed by atoms with Gasteiger partial charge in [-0.15, -0.1) is 0 Å². The molecule has 36 heavy (non-hydrogen) atoms. The summed E-state index contributed by atoms with van der Waals surface area (Å²) in [7, 11) is 1.70. The molecule has 0 bridgehead atoms. The first-order valence-electron chi connectivity index (χ1n) is 11.6. The van der Waals surface area contributed by atoms with Gasteiger partial charge in [0.25, 0.3) is 5.91 Å². The topological polar surface area (TPSA) is 119 Å². The van der Waals surface area contributed by atoms with Crippen molar-refractivity contribution in [3.63, 3.8) is 0 Å². The lowest BCUT2D eigenvalue weighted by atomic mass is 10.1. The number of halogens is 3. The second-order valence-corrected chi connectivity index (χ2v) is 9.28. The Bertz CT molecular complexity index is 1080. The molecule has 3 rings (SSSR count). The molecule has 0 radical (unpaired) electrons. The lowest BCUT2D eigenvalue weighted by Gasteiger charge is -2.23. The average Bonchev–Trinajstić information content (AvgIpc) is 3.44. The number of benzene rings is 1. The molecule has 1 unspecified atom stereocenters. The Hall–Kier alpha value is -2.90. The monoisotopic (exact) mass is 529 g/mol. The Morgan fingerprint density at radius 2 is 2.06 bits per heavy atom. The highest BCUT2D eigenvalue weighted by atomic mass is 32.1. The number of ether oxygens (including phenoxy) is 2. The highest BCUT2D eigenvalue weighted by Gasteiger charge is 2.25. The quantitative estimate of drug-likeness (QED) is 0.286. The maximum absolute atomic E-state index is 14.1. The Morgan fingerprint density at radius 1 is 1.28 bits per heavy atom. The molecule has 0 aliphatic carbocycles. The van der Waals surface area contributed by atoms with E-state index in [0.717, 1.165) is 63.0 Å². The predicted molar refractivity (Wildman–Crippen MR) is 129 cm³/mol. The van der Waals surface area contributed by atoms with Gasteiger partial charge in [-0.05, 0) is 68.9 Å². The van der Waals surface area contributed by atoms with E-state index in [0.29, 0.717) is 12.6 Å². The highest BCUT2D eigenvalue weighted by molar-refractivity contribution is 7.11. The summed E-state index contributed by atoms with van der Waals surface area (Å²) in [6.07, 6.45) is 3.94. The summed E-state index contributed by atoms with van der Waals surface area (Å²) in [5.74, 6) is -4.86. The number of nitrogens with zero attached hydrogens (tertiary/aromatic N) is 2. The minimum Gasteiger partial charge on any atom is -0.471 e. The number of aromatic nitrogens is 1. The number of hydrogen-bond donors (Lipinski definition) is 3. The van der Waals surface area contributed by atoms with Crippen LogP contribution in [0.3, 0.4) is 0 Å². The van der Waals surface area contributed by atoms with Gasteiger partial charge >= 0.3 is 6.03 Å². The SMILES string of the molecule is COCC1CCCN1CCCCNC(=O)Nc1snc(OCc2c(F)cc(C)c(F)c2F)c1C(N)=O. The number of primary amides is 1. The van der Waals surface area contributed by atoms with Crippen molar-refractivity contribution < 1.29 is 32.2 Å². The van der Waals surface area contributed by atoms with Crippen LogP contribution in [0.4, 0.5) is 23.0 Å². The van der Waals surface area contributed by atoms with E-state index in [4.69, 9.17) is 15.2 Å². The van der Waals surface area contributed by atoms with Crippen molar-refractivity contribution in [3.8, 4) is 5.88 Å². The summed E-state index contributed by atoms with van der Waals surface area (Å²) in [6, 6.07) is 0.719. The Balaban J connectivity index is 1.51. The first kappa shape index (κ1) is 27.7. The van der Waals surface area contributed by atoms with Gasteiger partial charge in [0.15, 0.2) is 11.6 Å². The minimum absolute atomic E-state index is 0.0190. The molecule has 1 fully saturated rings. The van der Waals surface area contributed by atoms with Crippen molar-refractivity contribution in [3.05, 3.63) is 40.2 Å². The fourth-order valence-electron chi connectivity index (χ4n) is 4.06. The van der Waals surface area contributed by atoms with Gasteiger partial charge in [-0.3, -0.25) is 15.0 Å². The van der Waals surface area contributed by atoms with Crippen LogP contribution in [0.2, 0.25) is 0 Å². The molecule has 1 aliphatic heterocycles. The van der Waals surface area contributed by atoms with Crippen LogP contribution in [0.25, 0.3) is 0 Å². The summed E-state index contributed by atoms with van der Waals surface area (Å²) >= 11 is 0.719. The zero-order chi connectivity index (χ0) is 26.2. The van der Waals surface area contributed by atoms with E-state index >= 15 is 0 Å². The van der Waals surface area contributed by atoms with Crippen LogP contribution in [0.15, 0.2) is 6.07 Å². The molecule has 0 spiro atoms. The summed E-state index contributed by atoms with van der Waals surface area (Å²) in [6.45, 7) is 3.60. The van der Waals surface area contributed by atoms with Crippen LogP contribution in [-0.2, 0) is 11.3 Å². The number of aryl methyl sites for hydroxylation is 1. The van der Waals surface area contributed by atoms with Crippen molar-refractivity contribution >= 4 is 28.5 Å². The van der Waals surface area contributed by atoms with Gasteiger partial charge in [0, 0.05) is 19.7 Å². The molecular formula is C23H30F3N5O4S. The molecule has 1 atom stereocenters. The molecule has 2 aromatic rings. The number of urea groups is 1. The van der Waals surface area contributed by atoms with E-state index in [9.17, 15) is 22.8 Å². The smallest absolute Gasteiger partial charge is 0.319 e. The fraction of sp³-hybridized carbons (Fsp3) is 0.522. The summed E-state index contributed by atoms with van der Waals surface area (Å²) in [4.78, 5) is 26.6. The van der Waals surface area contributed by atoms with Crippen LogP contribution >= 0.6 is 11.5 Å². The lowest BCUT2D eigenvalue weighted by Crippen LogP contribution is -2.34. The van der Waals surface area contributed by atoms with Crippen LogP contribution in [0.1, 0.15) is 47.2 Å². The van der Waals surface area contributed by atoms with E-state index in [2.05, 4.69) is 19.9 Å². The lowest BCUT2D eigenvalue weighted by molar-refractivity contribution is 0.0996. The standard InChI is InChI=1S/C23H30F3N5O4S/c1-13-10-16(24)15(19(26)18(13)25)12-35-21-17(20(27)32)22(36-30-21)29-23(33)28-7-3-4-8-31-9-5-6-14(31)11-34-2/h10,14H,3-9,11-12H2,1-2H3,(H2,27,32)(H2,28,29,33). The average molecular weight is 530 g/mol. The molecule has 1 aromatic carbocycles. The Morgan fingerprint density at radius 3 is 2.78 bits per heavy atom. The first-order valence-corrected chi connectivity index (χ1v) is 12.3.